The van der Waals surface area contributed by atoms with Crippen molar-refractivity contribution in [2.45, 2.75) is 38.7 Å². The van der Waals surface area contributed by atoms with E-state index >= 15 is 0 Å². The summed E-state index contributed by atoms with van der Waals surface area (Å²) in [5, 5.41) is 19.0. The Bertz CT molecular complexity index is 839. The molecule has 2 heterocycles. The molecule has 8 heteroatoms. The van der Waals surface area contributed by atoms with Gasteiger partial charge in [-0.15, -0.1) is 35.3 Å². The number of carbonyl (C=O) groups excluding carboxylic acids is 1. The average molecular weight is 542 g/mol. The summed E-state index contributed by atoms with van der Waals surface area (Å²) in [6.07, 6.45) is 2.15. The van der Waals surface area contributed by atoms with Crippen molar-refractivity contribution >= 4 is 52.9 Å². The third-order valence-electron chi connectivity index (χ3n) is 4.99. The van der Waals surface area contributed by atoms with Crippen LogP contribution in [0.5, 0.6) is 0 Å². The van der Waals surface area contributed by atoms with Crippen LogP contribution in [0.25, 0.3) is 0 Å². The number of thiophene rings is 1. The van der Waals surface area contributed by atoms with E-state index in [1.165, 1.54) is 16.9 Å². The second-order valence-electron chi connectivity index (χ2n) is 7.40. The number of amides is 1. The Kier molecular flexibility index (Phi) is 9.57. The molecule has 1 aromatic heterocycles. The highest BCUT2D eigenvalue weighted by Gasteiger charge is 2.25. The van der Waals surface area contributed by atoms with E-state index in [1.54, 1.807) is 6.92 Å². The van der Waals surface area contributed by atoms with Crippen LogP contribution in [-0.4, -0.2) is 43.2 Å². The largest absolute Gasteiger partial charge is 0.383 e. The van der Waals surface area contributed by atoms with Gasteiger partial charge in [0.25, 0.3) is 0 Å². The number of hydrogen-bond donors (Lipinski definition) is 3. The van der Waals surface area contributed by atoms with Gasteiger partial charge in [0, 0.05) is 36.6 Å². The molecule has 1 aromatic carbocycles. The molecule has 0 bridgehead atoms. The smallest absolute Gasteiger partial charge is 0.227 e. The maximum absolute atomic E-state index is 12.6. The van der Waals surface area contributed by atoms with Crippen LogP contribution in [0.4, 0.5) is 5.69 Å². The molecule has 0 aliphatic carbocycles. The highest BCUT2D eigenvalue weighted by Crippen LogP contribution is 2.28. The predicted octanol–water partition coefficient (Wildman–Crippen LogP) is 3.50. The highest BCUT2D eigenvalue weighted by atomic mass is 127. The SMILES string of the molecule is CCNC(=NCC(C)(O)c1cccs1)NCCCC(=O)N1CCc2ccccc21.I. The number of anilines is 1. The molecular formula is C22H31IN4O2S. The van der Waals surface area contributed by atoms with Crippen LogP contribution in [0.15, 0.2) is 46.8 Å². The molecule has 1 aliphatic heterocycles. The zero-order valence-corrected chi connectivity index (χ0v) is 20.7. The summed E-state index contributed by atoms with van der Waals surface area (Å²) in [5.74, 6) is 0.822. The minimum absolute atomic E-state index is 0. The number of halogens is 1. The van der Waals surface area contributed by atoms with Gasteiger partial charge in [0.1, 0.15) is 5.60 Å². The molecule has 1 atom stereocenters. The first-order valence-corrected chi connectivity index (χ1v) is 11.1. The number of rotatable bonds is 8. The first kappa shape index (κ1) is 24.6. The lowest BCUT2D eigenvalue weighted by Crippen LogP contribution is -2.39. The van der Waals surface area contributed by atoms with Crippen LogP contribution in [0, 0.1) is 0 Å². The van der Waals surface area contributed by atoms with Gasteiger partial charge < -0.3 is 20.6 Å². The first-order valence-electron chi connectivity index (χ1n) is 10.2. The van der Waals surface area contributed by atoms with Gasteiger partial charge in [0.15, 0.2) is 5.96 Å². The lowest BCUT2D eigenvalue weighted by atomic mass is 10.1. The fourth-order valence-electron chi connectivity index (χ4n) is 3.42. The predicted molar refractivity (Wildman–Crippen MR) is 135 cm³/mol. The molecule has 30 heavy (non-hydrogen) atoms. The molecule has 3 N–H and O–H groups in total. The van der Waals surface area contributed by atoms with Gasteiger partial charge in [-0.2, -0.15) is 0 Å². The van der Waals surface area contributed by atoms with E-state index in [0.717, 1.165) is 36.5 Å². The Hall–Kier alpha value is -1.65. The molecule has 0 saturated heterocycles. The van der Waals surface area contributed by atoms with Crippen molar-refractivity contribution in [3.63, 3.8) is 0 Å². The van der Waals surface area contributed by atoms with Crippen LogP contribution in [0.3, 0.4) is 0 Å². The van der Waals surface area contributed by atoms with Gasteiger partial charge in [0.2, 0.25) is 5.91 Å². The van der Waals surface area contributed by atoms with E-state index in [9.17, 15) is 9.90 Å². The minimum atomic E-state index is -0.990. The number of guanidine groups is 1. The van der Waals surface area contributed by atoms with Gasteiger partial charge in [-0.25, -0.2) is 4.99 Å². The van der Waals surface area contributed by atoms with Crippen molar-refractivity contribution in [3.05, 3.63) is 52.2 Å². The molecule has 0 spiro atoms. The average Bonchev–Trinajstić information content (AvgIpc) is 3.39. The summed E-state index contributed by atoms with van der Waals surface area (Å²) in [5.41, 5.74) is 1.31. The van der Waals surface area contributed by atoms with Crippen LogP contribution < -0.4 is 15.5 Å². The van der Waals surface area contributed by atoms with Crippen LogP contribution in [-0.2, 0) is 16.8 Å². The summed E-state index contributed by atoms with van der Waals surface area (Å²) in [7, 11) is 0. The molecule has 164 valence electrons. The fourth-order valence-corrected chi connectivity index (χ4v) is 4.20. The molecule has 1 amide bonds. The molecule has 3 rings (SSSR count). The van der Waals surface area contributed by atoms with Crippen molar-refractivity contribution in [2.24, 2.45) is 4.99 Å². The number of fused-ring (bicyclic) bond motifs is 1. The number of nitrogens with one attached hydrogen (secondary N) is 2. The molecule has 0 radical (unpaired) electrons. The topological polar surface area (TPSA) is 77.0 Å². The van der Waals surface area contributed by atoms with Crippen molar-refractivity contribution in [2.75, 3.05) is 31.1 Å². The monoisotopic (exact) mass is 542 g/mol. The summed E-state index contributed by atoms with van der Waals surface area (Å²) in [6.45, 7) is 6.20. The Morgan fingerprint density at radius 3 is 2.80 bits per heavy atom. The molecular weight excluding hydrogens is 511 g/mol. The quantitative estimate of drug-likeness (QED) is 0.207. The molecule has 2 aromatic rings. The van der Waals surface area contributed by atoms with E-state index in [-0.39, 0.29) is 36.4 Å². The number of nitrogens with zero attached hydrogens (tertiary/aromatic N) is 2. The summed E-state index contributed by atoms with van der Waals surface area (Å²) in [6, 6.07) is 12.0. The Labute approximate surface area is 199 Å². The Morgan fingerprint density at radius 2 is 2.07 bits per heavy atom. The zero-order chi connectivity index (χ0) is 20.7. The van der Waals surface area contributed by atoms with Crippen LogP contribution in [0.1, 0.15) is 37.1 Å². The van der Waals surface area contributed by atoms with E-state index < -0.39 is 5.60 Å². The third-order valence-corrected chi connectivity index (χ3v) is 6.11. The summed E-state index contributed by atoms with van der Waals surface area (Å²) in [4.78, 5) is 19.9. The number of benzene rings is 1. The number of aliphatic imine (C=N–C) groups is 1. The van der Waals surface area contributed by atoms with Crippen LogP contribution >= 0.6 is 35.3 Å². The van der Waals surface area contributed by atoms with E-state index in [2.05, 4.69) is 21.7 Å². The number of carbonyl (C=O) groups is 1. The minimum Gasteiger partial charge on any atom is -0.383 e. The fraction of sp³-hybridized carbons (Fsp3) is 0.455. The Balaban J connectivity index is 0.00000320. The maximum Gasteiger partial charge on any atom is 0.227 e. The number of para-hydroxylation sites is 1. The van der Waals surface area contributed by atoms with Gasteiger partial charge in [-0.3, -0.25) is 4.79 Å². The van der Waals surface area contributed by atoms with Gasteiger partial charge in [0.05, 0.1) is 6.54 Å². The van der Waals surface area contributed by atoms with E-state index in [0.29, 0.717) is 18.9 Å². The third kappa shape index (κ3) is 6.42. The van der Waals surface area contributed by atoms with Crippen molar-refractivity contribution in [1.29, 1.82) is 0 Å². The van der Waals surface area contributed by atoms with Crippen LogP contribution in [0.2, 0.25) is 0 Å². The lowest BCUT2D eigenvalue weighted by Gasteiger charge is -2.21. The normalized spacial score (nSPS) is 15.2. The Morgan fingerprint density at radius 1 is 1.27 bits per heavy atom. The second kappa shape index (κ2) is 11.7. The lowest BCUT2D eigenvalue weighted by molar-refractivity contribution is -0.118. The van der Waals surface area contributed by atoms with Gasteiger partial charge in [-0.1, -0.05) is 24.3 Å². The molecule has 0 fully saturated rings. The highest BCUT2D eigenvalue weighted by molar-refractivity contribution is 14.0. The number of aliphatic hydroxyl groups is 1. The zero-order valence-electron chi connectivity index (χ0n) is 17.6. The molecule has 1 unspecified atom stereocenters. The maximum atomic E-state index is 12.6. The van der Waals surface area contributed by atoms with Crippen molar-refractivity contribution in [3.8, 4) is 0 Å². The second-order valence-corrected chi connectivity index (χ2v) is 8.35. The van der Waals surface area contributed by atoms with Gasteiger partial charge in [-0.05, 0) is 49.8 Å². The summed E-state index contributed by atoms with van der Waals surface area (Å²) < 4.78 is 0. The van der Waals surface area contributed by atoms with E-state index in [1.807, 2.05) is 47.5 Å². The first-order chi connectivity index (χ1) is 14.0. The van der Waals surface area contributed by atoms with Crippen molar-refractivity contribution < 1.29 is 9.90 Å². The number of hydrogen-bond acceptors (Lipinski definition) is 4. The van der Waals surface area contributed by atoms with E-state index in [4.69, 9.17) is 0 Å². The standard InChI is InChI=1S/C22H30N4O2S.HI/c1-3-23-21(25-16-22(2,28)19-10-7-15-29-19)24-13-6-11-20(27)26-14-12-17-8-4-5-9-18(17)26;/h4-5,7-10,15,28H,3,6,11-14,16H2,1-2H3,(H2,23,24,25);1H. The van der Waals surface area contributed by atoms with Crippen molar-refractivity contribution in [1.82, 2.24) is 10.6 Å². The van der Waals surface area contributed by atoms with Gasteiger partial charge >= 0.3 is 0 Å². The summed E-state index contributed by atoms with van der Waals surface area (Å²) >= 11 is 1.52. The molecule has 0 saturated carbocycles. The molecule has 6 nitrogen and oxygen atoms in total. The molecule has 1 aliphatic rings.